The Morgan fingerprint density at radius 2 is 2.14 bits per heavy atom. The summed E-state index contributed by atoms with van der Waals surface area (Å²) in [6.45, 7) is 1.62. The van der Waals surface area contributed by atoms with E-state index < -0.39 is 22.7 Å². The van der Waals surface area contributed by atoms with Crippen LogP contribution in [0.3, 0.4) is 0 Å². The molecule has 1 amide bonds. The monoisotopic (exact) mass is 215 g/mol. The van der Waals surface area contributed by atoms with Crippen molar-refractivity contribution in [1.29, 1.82) is 0 Å². The largest absolute Gasteiger partial charge is 0.271 e. The molecule has 1 aromatic carbocycles. The zero-order chi connectivity index (χ0) is 10.7. The first-order chi connectivity index (χ1) is 6.52. The second-order valence-electron chi connectivity index (χ2n) is 2.82. The molecule has 14 heavy (non-hydrogen) atoms. The topological polar surface area (TPSA) is 46.2 Å². The molecule has 1 aromatic rings. The molecule has 0 fully saturated rings. The van der Waals surface area contributed by atoms with Crippen molar-refractivity contribution in [3.63, 3.8) is 0 Å². The lowest BCUT2D eigenvalue weighted by molar-refractivity contribution is 0.0978. The molecule has 0 heterocycles. The van der Waals surface area contributed by atoms with E-state index in [9.17, 15) is 13.4 Å². The average Bonchev–Trinajstić information content (AvgIpc) is 2.01. The van der Waals surface area contributed by atoms with Crippen LogP contribution in [-0.4, -0.2) is 16.4 Å². The van der Waals surface area contributed by atoms with Crippen LogP contribution in [0, 0.1) is 12.7 Å². The van der Waals surface area contributed by atoms with Crippen molar-refractivity contribution in [3.8, 4) is 0 Å². The van der Waals surface area contributed by atoms with Crippen LogP contribution in [0.4, 0.5) is 4.39 Å². The number of carbonyl (C=O) groups is 1. The molecule has 0 saturated heterocycles. The van der Waals surface area contributed by atoms with Crippen LogP contribution >= 0.6 is 0 Å². The van der Waals surface area contributed by atoms with E-state index in [2.05, 4.69) is 4.72 Å². The molecule has 0 aliphatic heterocycles. The van der Waals surface area contributed by atoms with Gasteiger partial charge in [0.2, 0.25) is 0 Å². The number of carbonyl (C=O) groups excluding carboxylic acids is 1. The molecule has 0 spiro atoms. The number of hydrogen-bond acceptors (Lipinski definition) is 2. The SMILES string of the molecule is Cc1cccc(F)c1C(=O)NS(C)=O. The van der Waals surface area contributed by atoms with Gasteiger partial charge in [-0.3, -0.25) is 9.52 Å². The summed E-state index contributed by atoms with van der Waals surface area (Å²) >= 11 is 0. The van der Waals surface area contributed by atoms with Gasteiger partial charge in [-0.2, -0.15) is 0 Å². The van der Waals surface area contributed by atoms with Gasteiger partial charge in [0, 0.05) is 6.26 Å². The van der Waals surface area contributed by atoms with Crippen LogP contribution in [0.5, 0.6) is 0 Å². The van der Waals surface area contributed by atoms with Gasteiger partial charge in [0.15, 0.2) is 0 Å². The number of benzene rings is 1. The summed E-state index contributed by atoms with van der Waals surface area (Å²) in [5.41, 5.74) is 0.468. The normalized spacial score (nSPS) is 12.2. The summed E-state index contributed by atoms with van der Waals surface area (Å²) in [6.07, 6.45) is 1.31. The van der Waals surface area contributed by atoms with E-state index in [0.717, 1.165) is 0 Å². The van der Waals surface area contributed by atoms with Crippen molar-refractivity contribution in [2.24, 2.45) is 0 Å². The maximum absolute atomic E-state index is 13.2. The van der Waals surface area contributed by atoms with E-state index in [-0.39, 0.29) is 5.56 Å². The molecular weight excluding hydrogens is 205 g/mol. The minimum absolute atomic E-state index is 0.0531. The Morgan fingerprint density at radius 1 is 1.50 bits per heavy atom. The molecule has 1 unspecified atom stereocenters. The predicted molar refractivity (Wildman–Crippen MR) is 52.7 cm³/mol. The molecule has 1 rings (SSSR count). The third-order valence-corrected chi connectivity index (χ3v) is 2.16. The molecule has 1 N–H and O–H groups in total. The summed E-state index contributed by atoms with van der Waals surface area (Å²) in [5, 5.41) is 0. The van der Waals surface area contributed by atoms with E-state index in [1.807, 2.05) is 0 Å². The summed E-state index contributed by atoms with van der Waals surface area (Å²) in [4.78, 5) is 11.4. The quantitative estimate of drug-likeness (QED) is 0.804. The molecule has 3 nitrogen and oxygen atoms in total. The van der Waals surface area contributed by atoms with Crippen LogP contribution in [0.25, 0.3) is 0 Å². The van der Waals surface area contributed by atoms with Crippen molar-refractivity contribution in [3.05, 3.63) is 35.1 Å². The van der Waals surface area contributed by atoms with Crippen molar-refractivity contribution in [2.45, 2.75) is 6.92 Å². The summed E-state index contributed by atoms with van der Waals surface area (Å²) in [5.74, 6) is -1.26. The van der Waals surface area contributed by atoms with Gasteiger partial charge in [0.25, 0.3) is 5.91 Å². The number of rotatable bonds is 2. The highest BCUT2D eigenvalue weighted by molar-refractivity contribution is 7.82. The Balaban J connectivity index is 3.06. The first-order valence-corrected chi connectivity index (χ1v) is 5.47. The van der Waals surface area contributed by atoms with Gasteiger partial charge in [-0.1, -0.05) is 12.1 Å². The molecule has 76 valence electrons. The molecule has 0 aliphatic carbocycles. The highest BCUT2D eigenvalue weighted by Gasteiger charge is 2.14. The second kappa shape index (κ2) is 4.32. The Kier molecular flexibility index (Phi) is 3.35. The lowest BCUT2D eigenvalue weighted by atomic mass is 10.1. The van der Waals surface area contributed by atoms with Crippen LogP contribution in [0.2, 0.25) is 0 Å². The fourth-order valence-electron chi connectivity index (χ4n) is 1.10. The number of halogens is 1. The van der Waals surface area contributed by atoms with Crippen LogP contribution < -0.4 is 4.72 Å². The standard InChI is InChI=1S/C9H10FNO2S/c1-6-4-3-5-7(10)8(6)9(12)11-14(2)13/h3-5H,1-2H3,(H,11,12). The Labute approximate surface area is 83.9 Å². The van der Waals surface area contributed by atoms with Crippen LogP contribution in [0.1, 0.15) is 15.9 Å². The Morgan fingerprint density at radius 3 is 2.64 bits per heavy atom. The smallest absolute Gasteiger partial charge is 0.266 e. The first-order valence-electron chi connectivity index (χ1n) is 3.92. The van der Waals surface area contributed by atoms with Gasteiger partial charge >= 0.3 is 0 Å². The molecule has 1 atom stereocenters. The van der Waals surface area contributed by atoms with Crippen molar-refractivity contribution in [2.75, 3.05) is 6.26 Å². The van der Waals surface area contributed by atoms with Gasteiger partial charge in [0.05, 0.1) is 5.56 Å². The van der Waals surface area contributed by atoms with Gasteiger partial charge in [-0.25, -0.2) is 8.60 Å². The summed E-state index contributed by atoms with van der Waals surface area (Å²) in [6, 6.07) is 4.33. The van der Waals surface area contributed by atoms with Gasteiger partial charge < -0.3 is 0 Å². The van der Waals surface area contributed by atoms with Gasteiger partial charge in [-0.15, -0.1) is 0 Å². The minimum Gasteiger partial charge on any atom is -0.271 e. The zero-order valence-electron chi connectivity index (χ0n) is 7.83. The highest BCUT2D eigenvalue weighted by atomic mass is 32.2. The molecule has 0 aromatic heterocycles. The fourth-order valence-corrected chi connectivity index (χ4v) is 1.46. The van der Waals surface area contributed by atoms with E-state index in [0.29, 0.717) is 5.56 Å². The van der Waals surface area contributed by atoms with Crippen molar-refractivity contribution >= 4 is 16.9 Å². The number of amides is 1. The van der Waals surface area contributed by atoms with E-state index in [1.165, 1.54) is 18.4 Å². The molecule has 0 bridgehead atoms. The number of aryl methyl sites for hydroxylation is 1. The minimum atomic E-state index is -1.48. The van der Waals surface area contributed by atoms with E-state index >= 15 is 0 Å². The zero-order valence-corrected chi connectivity index (χ0v) is 8.65. The average molecular weight is 215 g/mol. The lowest BCUT2D eigenvalue weighted by Crippen LogP contribution is -2.26. The van der Waals surface area contributed by atoms with E-state index in [4.69, 9.17) is 0 Å². The third kappa shape index (κ3) is 2.38. The number of nitrogens with one attached hydrogen (secondary N) is 1. The second-order valence-corrected chi connectivity index (χ2v) is 3.93. The molecular formula is C9H10FNO2S. The third-order valence-electron chi connectivity index (χ3n) is 1.69. The lowest BCUT2D eigenvalue weighted by Gasteiger charge is -2.05. The summed E-state index contributed by atoms with van der Waals surface area (Å²) < 4.78 is 26.0. The molecule has 0 saturated carbocycles. The van der Waals surface area contributed by atoms with Crippen LogP contribution in [-0.2, 0) is 11.0 Å². The highest BCUT2D eigenvalue weighted by Crippen LogP contribution is 2.12. The Bertz CT molecular complexity index is 372. The van der Waals surface area contributed by atoms with E-state index in [1.54, 1.807) is 13.0 Å². The number of hydrogen-bond donors (Lipinski definition) is 1. The maximum Gasteiger partial charge on any atom is 0.266 e. The predicted octanol–water partition coefficient (Wildman–Crippen LogP) is 1.16. The van der Waals surface area contributed by atoms with Crippen molar-refractivity contribution < 1.29 is 13.4 Å². The van der Waals surface area contributed by atoms with Crippen LogP contribution in [0.15, 0.2) is 18.2 Å². The molecule has 0 aliphatic rings. The maximum atomic E-state index is 13.2. The van der Waals surface area contributed by atoms with Gasteiger partial charge in [-0.05, 0) is 18.6 Å². The fraction of sp³-hybridized carbons (Fsp3) is 0.222. The van der Waals surface area contributed by atoms with Crippen molar-refractivity contribution in [1.82, 2.24) is 4.72 Å². The summed E-state index contributed by atoms with van der Waals surface area (Å²) in [7, 11) is -1.48. The molecule has 0 radical (unpaired) electrons. The Hall–Kier alpha value is -1.23. The van der Waals surface area contributed by atoms with Gasteiger partial charge in [0.1, 0.15) is 16.8 Å². The first kappa shape index (κ1) is 10.8. The molecule has 5 heteroatoms.